The third kappa shape index (κ3) is 6.53. The molecule has 2 aromatic rings. The van der Waals surface area contributed by atoms with Crippen LogP contribution in [0.3, 0.4) is 0 Å². The van der Waals surface area contributed by atoms with Crippen molar-refractivity contribution in [1.82, 2.24) is 15.5 Å². The number of aliphatic hydroxyl groups excluding tert-OH is 1. The molecular weight excluding hydrogens is 478 g/mol. The highest BCUT2D eigenvalue weighted by Crippen LogP contribution is 2.40. The largest absolute Gasteiger partial charge is 0.381 e. The molecule has 3 rings (SSSR count). The van der Waals surface area contributed by atoms with Crippen molar-refractivity contribution in [2.45, 2.75) is 63.6 Å². The van der Waals surface area contributed by atoms with E-state index in [9.17, 15) is 24.3 Å². The van der Waals surface area contributed by atoms with Crippen LogP contribution in [0.25, 0.3) is 0 Å². The van der Waals surface area contributed by atoms with Crippen molar-refractivity contribution in [3.8, 4) is 0 Å². The monoisotopic (exact) mass is 511 g/mol. The first-order valence-corrected chi connectivity index (χ1v) is 12.8. The van der Waals surface area contributed by atoms with E-state index < -0.39 is 40.5 Å². The maximum atomic E-state index is 13.5. The maximum absolute atomic E-state index is 13.5. The van der Waals surface area contributed by atoms with Crippen LogP contribution in [0.15, 0.2) is 54.6 Å². The van der Waals surface area contributed by atoms with E-state index in [-0.39, 0.29) is 18.2 Å². The lowest BCUT2D eigenvalue weighted by Crippen LogP contribution is -2.59. The number of aryl methyl sites for hydroxylation is 1. The second kappa shape index (κ2) is 11.7. The summed E-state index contributed by atoms with van der Waals surface area (Å²) in [7, 11) is 0. The van der Waals surface area contributed by atoms with E-state index in [1.54, 1.807) is 12.1 Å². The minimum atomic E-state index is -1.64. The minimum absolute atomic E-state index is 0.140. The van der Waals surface area contributed by atoms with Crippen LogP contribution < -0.4 is 10.6 Å². The second-order valence-electron chi connectivity index (χ2n) is 9.50. The Hall–Kier alpha value is -3.17. The molecule has 0 aliphatic carbocycles. The predicted molar refractivity (Wildman–Crippen MR) is 139 cm³/mol. The van der Waals surface area contributed by atoms with Crippen molar-refractivity contribution >= 4 is 35.3 Å². The highest BCUT2D eigenvalue weighted by Gasteiger charge is 2.49. The second-order valence-corrected chi connectivity index (χ2v) is 11.1. The normalized spacial score (nSPS) is 18.2. The number of aliphatic hydroxyl groups is 1. The van der Waals surface area contributed by atoms with Crippen LogP contribution in [0.5, 0.6) is 0 Å². The van der Waals surface area contributed by atoms with Gasteiger partial charge < -0.3 is 20.6 Å². The third-order valence-electron chi connectivity index (χ3n) is 6.36. The molecule has 1 saturated heterocycles. The van der Waals surface area contributed by atoms with E-state index in [1.807, 2.05) is 63.2 Å². The summed E-state index contributed by atoms with van der Waals surface area (Å²) in [5.74, 6) is -2.38. The molecule has 9 heteroatoms. The van der Waals surface area contributed by atoms with Gasteiger partial charge in [0, 0.05) is 18.2 Å². The van der Waals surface area contributed by atoms with Gasteiger partial charge in [-0.05, 0) is 43.9 Å². The SMILES string of the molecule is CC(=O)C(=O)N[C@@H](Cc1ccccc1)[C@H](O)C(=O)N1CSC(C)(C)[C@H]1C(=O)NCc1ccccc1C. The molecule has 3 N–H and O–H groups in total. The van der Waals surface area contributed by atoms with Crippen molar-refractivity contribution in [2.24, 2.45) is 0 Å². The molecule has 3 atom stereocenters. The number of thioether (sulfide) groups is 1. The van der Waals surface area contributed by atoms with Crippen LogP contribution >= 0.6 is 11.8 Å². The molecule has 1 aliphatic rings. The standard InChI is InChI=1S/C27H33N3O5S/c1-17-10-8-9-13-20(17)15-28-25(34)23-27(3,4)36-16-30(23)26(35)22(32)21(29-24(33)18(2)31)14-19-11-6-5-7-12-19/h5-13,21-23,32H,14-16H2,1-4H3,(H,28,34)(H,29,33)/t21-,22-,23+/m0/s1. The molecule has 192 valence electrons. The first kappa shape index (κ1) is 27.4. The number of amides is 3. The van der Waals surface area contributed by atoms with Gasteiger partial charge in [-0.15, -0.1) is 11.8 Å². The number of benzene rings is 2. The zero-order valence-electron chi connectivity index (χ0n) is 21.0. The molecule has 0 aromatic heterocycles. The first-order valence-electron chi connectivity index (χ1n) is 11.8. The van der Waals surface area contributed by atoms with Crippen molar-refractivity contribution in [1.29, 1.82) is 0 Å². The smallest absolute Gasteiger partial charge is 0.287 e. The number of rotatable bonds is 9. The molecule has 1 fully saturated rings. The zero-order chi connectivity index (χ0) is 26.5. The summed E-state index contributed by atoms with van der Waals surface area (Å²) in [5, 5.41) is 16.5. The summed E-state index contributed by atoms with van der Waals surface area (Å²) in [6.07, 6.45) is -1.50. The summed E-state index contributed by atoms with van der Waals surface area (Å²) < 4.78 is -0.594. The highest BCUT2D eigenvalue weighted by atomic mass is 32.2. The van der Waals surface area contributed by atoms with Crippen LogP contribution in [0, 0.1) is 6.92 Å². The lowest BCUT2D eigenvalue weighted by Gasteiger charge is -2.33. The van der Waals surface area contributed by atoms with Crippen molar-refractivity contribution in [3.05, 3.63) is 71.3 Å². The molecular formula is C27H33N3O5S. The van der Waals surface area contributed by atoms with Gasteiger partial charge >= 0.3 is 0 Å². The van der Waals surface area contributed by atoms with Gasteiger partial charge in [0.2, 0.25) is 11.7 Å². The van der Waals surface area contributed by atoms with E-state index in [0.717, 1.165) is 23.6 Å². The lowest BCUT2D eigenvalue weighted by atomic mass is 9.97. The summed E-state index contributed by atoms with van der Waals surface area (Å²) in [5.41, 5.74) is 2.80. The summed E-state index contributed by atoms with van der Waals surface area (Å²) in [6.45, 7) is 7.17. The summed E-state index contributed by atoms with van der Waals surface area (Å²) >= 11 is 1.44. The third-order valence-corrected chi connectivity index (χ3v) is 7.73. The highest BCUT2D eigenvalue weighted by molar-refractivity contribution is 8.00. The fourth-order valence-electron chi connectivity index (χ4n) is 4.22. The minimum Gasteiger partial charge on any atom is -0.381 e. The Balaban J connectivity index is 1.79. The van der Waals surface area contributed by atoms with Crippen molar-refractivity contribution in [2.75, 3.05) is 5.88 Å². The number of ketones is 1. The molecule has 1 aliphatic heterocycles. The molecule has 36 heavy (non-hydrogen) atoms. The van der Waals surface area contributed by atoms with Crippen LogP contribution in [-0.4, -0.2) is 62.3 Å². The van der Waals surface area contributed by atoms with Crippen molar-refractivity contribution in [3.63, 3.8) is 0 Å². The van der Waals surface area contributed by atoms with Gasteiger partial charge in [0.25, 0.3) is 11.8 Å². The predicted octanol–water partition coefficient (Wildman–Crippen LogP) is 1.97. The number of nitrogens with one attached hydrogen (secondary N) is 2. The number of Topliss-reactive ketones (excluding diaryl/α,β-unsaturated/α-hetero) is 1. The fourth-order valence-corrected chi connectivity index (χ4v) is 5.36. The molecule has 0 radical (unpaired) electrons. The fraction of sp³-hybridized carbons (Fsp3) is 0.407. The molecule has 0 spiro atoms. The quantitative estimate of drug-likeness (QED) is 0.444. The average molecular weight is 512 g/mol. The Kier molecular flexibility index (Phi) is 8.92. The lowest BCUT2D eigenvalue weighted by molar-refractivity contribution is -0.148. The van der Waals surface area contributed by atoms with E-state index in [1.165, 1.54) is 16.7 Å². The van der Waals surface area contributed by atoms with Crippen LogP contribution in [0.2, 0.25) is 0 Å². The van der Waals surface area contributed by atoms with Gasteiger partial charge in [-0.25, -0.2) is 0 Å². The van der Waals surface area contributed by atoms with Crippen LogP contribution in [0.4, 0.5) is 0 Å². The van der Waals surface area contributed by atoms with Gasteiger partial charge in [-0.1, -0.05) is 54.6 Å². The van der Waals surface area contributed by atoms with E-state index in [2.05, 4.69) is 10.6 Å². The summed E-state index contributed by atoms with van der Waals surface area (Å²) in [6, 6.07) is 14.9. The van der Waals surface area contributed by atoms with E-state index >= 15 is 0 Å². The van der Waals surface area contributed by atoms with Crippen molar-refractivity contribution < 1.29 is 24.3 Å². The van der Waals surface area contributed by atoms with E-state index in [4.69, 9.17) is 0 Å². The Morgan fingerprint density at radius 1 is 1.08 bits per heavy atom. The number of nitrogens with zero attached hydrogens (tertiary/aromatic N) is 1. The number of carbonyl (C=O) groups is 4. The van der Waals surface area contributed by atoms with Crippen LogP contribution in [0.1, 0.15) is 37.5 Å². The molecule has 1 heterocycles. The van der Waals surface area contributed by atoms with Gasteiger partial charge in [0.15, 0.2) is 6.10 Å². The Morgan fingerprint density at radius 3 is 2.36 bits per heavy atom. The topological polar surface area (TPSA) is 116 Å². The zero-order valence-corrected chi connectivity index (χ0v) is 21.8. The number of carbonyl (C=O) groups excluding carboxylic acids is 4. The Bertz CT molecular complexity index is 1120. The average Bonchev–Trinajstić information content (AvgIpc) is 3.17. The van der Waals surface area contributed by atoms with Gasteiger partial charge in [-0.3, -0.25) is 19.2 Å². The van der Waals surface area contributed by atoms with Gasteiger partial charge in [0.1, 0.15) is 6.04 Å². The molecule has 8 nitrogen and oxygen atoms in total. The molecule has 0 bridgehead atoms. The summed E-state index contributed by atoms with van der Waals surface area (Å²) in [4.78, 5) is 51.9. The number of hydrogen-bond acceptors (Lipinski definition) is 6. The molecule has 0 unspecified atom stereocenters. The maximum Gasteiger partial charge on any atom is 0.287 e. The van der Waals surface area contributed by atoms with Crippen LogP contribution in [-0.2, 0) is 32.1 Å². The Morgan fingerprint density at radius 2 is 1.72 bits per heavy atom. The molecule has 0 saturated carbocycles. The molecule has 3 amide bonds. The van der Waals surface area contributed by atoms with Gasteiger partial charge in [0.05, 0.1) is 11.9 Å². The van der Waals surface area contributed by atoms with E-state index in [0.29, 0.717) is 6.54 Å². The first-order chi connectivity index (χ1) is 17.0. The molecule has 2 aromatic carbocycles. The van der Waals surface area contributed by atoms with Gasteiger partial charge in [-0.2, -0.15) is 0 Å². The Labute approximate surface area is 215 Å². The number of hydrogen-bond donors (Lipinski definition) is 3.